The quantitative estimate of drug-likeness (QED) is 0.861. The fourth-order valence-electron chi connectivity index (χ4n) is 2.21. The Labute approximate surface area is 121 Å². The summed E-state index contributed by atoms with van der Waals surface area (Å²) in [5, 5.41) is 0. The summed E-state index contributed by atoms with van der Waals surface area (Å²) < 4.78 is 26.9. The van der Waals surface area contributed by atoms with Gasteiger partial charge < -0.3 is 4.90 Å². The van der Waals surface area contributed by atoms with Crippen molar-refractivity contribution < 1.29 is 8.42 Å². The van der Waals surface area contributed by atoms with E-state index in [2.05, 4.69) is 21.6 Å². The number of sulfonamides is 1. The molecule has 0 atom stereocenters. The molecule has 1 aliphatic heterocycles. The van der Waals surface area contributed by atoms with Crippen LogP contribution in [-0.2, 0) is 10.0 Å². The van der Waals surface area contributed by atoms with E-state index in [1.807, 2.05) is 19.1 Å². The van der Waals surface area contributed by atoms with Crippen LogP contribution in [0.1, 0.15) is 5.56 Å². The number of hydrogen-bond acceptors (Lipinski definition) is 4. The lowest BCUT2D eigenvalue weighted by Crippen LogP contribution is -2.46. The van der Waals surface area contributed by atoms with Gasteiger partial charge in [0.1, 0.15) is 0 Å². The molecule has 1 heterocycles. The molecule has 0 radical (unpaired) electrons. The zero-order valence-electron chi connectivity index (χ0n) is 12.2. The molecule has 1 saturated heterocycles. The third-order valence-corrected chi connectivity index (χ3v) is 5.12. The number of benzene rings is 1. The van der Waals surface area contributed by atoms with Gasteiger partial charge in [0.15, 0.2) is 0 Å². The number of piperazine rings is 1. The molecule has 0 bridgehead atoms. The number of aryl methyl sites for hydroxylation is 1. The van der Waals surface area contributed by atoms with Crippen molar-refractivity contribution in [1.82, 2.24) is 14.5 Å². The summed E-state index contributed by atoms with van der Waals surface area (Å²) in [6, 6.07) is 6.92. The zero-order valence-corrected chi connectivity index (χ0v) is 13.0. The van der Waals surface area contributed by atoms with Crippen LogP contribution in [0, 0.1) is 6.92 Å². The van der Waals surface area contributed by atoms with Crippen LogP contribution in [0.5, 0.6) is 0 Å². The lowest BCUT2D eigenvalue weighted by molar-refractivity contribution is 0.156. The summed E-state index contributed by atoms with van der Waals surface area (Å²) in [5.41, 5.74) is 1.06. The van der Waals surface area contributed by atoms with Gasteiger partial charge in [-0.05, 0) is 26.1 Å². The second kappa shape index (κ2) is 6.67. The fraction of sp³-hybridized carbons (Fsp3) is 0.571. The summed E-state index contributed by atoms with van der Waals surface area (Å²) in [7, 11) is -1.27. The van der Waals surface area contributed by atoms with Crippen molar-refractivity contribution >= 4 is 10.0 Å². The summed E-state index contributed by atoms with van der Waals surface area (Å²) >= 11 is 0. The highest BCUT2D eigenvalue weighted by Gasteiger charge is 2.16. The van der Waals surface area contributed by atoms with Gasteiger partial charge in [-0.25, -0.2) is 13.1 Å². The van der Waals surface area contributed by atoms with E-state index in [1.54, 1.807) is 12.1 Å². The number of nitrogens with one attached hydrogen (secondary N) is 1. The third kappa shape index (κ3) is 4.28. The monoisotopic (exact) mass is 297 g/mol. The van der Waals surface area contributed by atoms with E-state index < -0.39 is 10.0 Å². The average Bonchev–Trinajstić information content (AvgIpc) is 2.41. The molecule has 1 aromatic carbocycles. The Hall–Kier alpha value is -0.950. The van der Waals surface area contributed by atoms with Crippen molar-refractivity contribution in [2.24, 2.45) is 0 Å². The van der Waals surface area contributed by atoms with Crippen LogP contribution >= 0.6 is 0 Å². The minimum Gasteiger partial charge on any atom is -0.304 e. The van der Waals surface area contributed by atoms with Gasteiger partial charge in [0.05, 0.1) is 4.90 Å². The Bertz CT molecular complexity index is 520. The Balaban J connectivity index is 1.82. The van der Waals surface area contributed by atoms with Gasteiger partial charge in [0, 0.05) is 39.3 Å². The first-order valence-electron chi connectivity index (χ1n) is 6.94. The molecule has 2 rings (SSSR count). The van der Waals surface area contributed by atoms with Gasteiger partial charge in [-0.15, -0.1) is 0 Å². The van der Waals surface area contributed by atoms with Gasteiger partial charge in [-0.2, -0.15) is 0 Å². The molecule has 20 heavy (non-hydrogen) atoms. The second-order valence-electron chi connectivity index (χ2n) is 5.36. The smallest absolute Gasteiger partial charge is 0.240 e. The van der Waals surface area contributed by atoms with Crippen LogP contribution in [0.4, 0.5) is 0 Å². The lowest BCUT2D eigenvalue weighted by atomic mass is 10.2. The first-order chi connectivity index (χ1) is 9.47. The van der Waals surface area contributed by atoms with Gasteiger partial charge >= 0.3 is 0 Å². The molecule has 0 spiro atoms. The van der Waals surface area contributed by atoms with E-state index in [9.17, 15) is 8.42 Å². The average molecular weight is 297 g/mol. The molecule has 0 unspecified atom stereocenters. The van der Waals surface area contributed by atoms with Crippen molar-refractivity contribution in [2.75, 3.05) is 46.3 Å². The van der Waals surface area contributed by atoms with Crippen LogP contribution < -0.4 is 4.72 Å². The maximum atomic E-state index is 12.1. The molecule has 1 N–H and O–H groups in total. The highest BCUT2D eigenvalue weighted by molar-refractivity contribution is 7.89. The van der Waals surface area contributed by atoms with E-state index in [0.29, 0.717) is 11.4 Å². The molecular formula is C14H23N3O2S. The van der Waals surface area contributed by atoms with Crippen LogP contribution in [0.25, 0.3) is 0 Å². The van der Waals surface area contributed by atoms with E-state index in [1.165, 1.54) is 0 Å². The summed E-state index contributed by atoms with van der Waals surface area (Å²) in [5.74, 6) is 0. The molecule has 0 amide bonds. The third-order valence-electron chi connectivity index (χ3n) is 3.65. The Kier molecular flexibility index (Phi) is 5.15. The predicted molar refractivity (Wildman–Crippen MR) is 80.3 cm³/mol. The van der Waals surface area contributed by atoms with Crippen molar-refractivity contribution in [1.29, 1.82) is 0 Å². The van der Waals surface area contributed by atoms with Gasteiger partial charge in [-0.3, -0.25) is 4.90 Å². The van der Waals surface area contributed by atoms with Crippen molar-refractivity contribution in [3.63, 3.8) is 0 Å². The van der Waals surface area contributed by atoms with E-state index >= 15 is 0 Å². The maximum absolute atomic E-state index is 12.1. The minimum atomic E-state index is -3.38. The molecule has 1 aromatic rings. The van der Waals surface area contributed by atoms with Gasteiger partial charge in [0.2, 0.25) is 10.0 Å². The van der Waals surface area contributed by atoms with Gasteiger partial charge in [-0.1, -0.05) is 17.7 Å². The Morgan fingerprint density at radius 3 is 2.30 bits per heavy atom. The van der Waals surface area contributed by atoms with Crippen LogP contribution in [0.15, 0.2) is 29.2 Å². The minimum absolute atomic E-state index is 0.335. The summed E-state index contributed by atoms with van der Waals surface area (Å²) in [4.78, 5) is 4.91. The second-order valence-corrected chi connectivity index (χ2v) is 7.12. The number of nitrogens with zero attached hydrogens (tertiary/aromatic N) is 2. The molecule has 0 saturated carbocycles. The zero-order chi connectivity index (χ0) is 14.6. The Morgan fingerprint density at radius 1 is 1.10 bits per heavy atom. The number of rotatable bonds is 5. The normalized spacial score (nSPS) is 18.3. The molecular weight excluding hydrogens is 274 g/mol. The van der Waals surface area contributed by atoms with Crippen molar-refractivity contribution in [2.45, 2.75) is 11.8 Å². The van der Waals surface area contributed by atoms with Crippen LogP contribution in [0.2, 0.25) is 0 Å². The first kappa shape index (κ1) is 15.4. The highest BCUT2D eigenvalue weighted by Crippen LogP contribution is 2.09. The topological polar surface area (TPSA) is 52.7 Å². The summed E-state index contributed by atoms with van der Waals surface area (Å²) in [6.45, 7) is 7.26. The largest absolute Gasteiger partial charge is 0.304 e. The van der Waals surface area contributed by atoms with Crippen LogP contribution in [-0.4, -0.2) is 64.5 Å². The molecule has 6 heteroatoms. The van der Waals surface area contributed by atoms with E-state index in [-0.39, 0.29) is 0 Å². The Morgan fingerprint density at radius 2 is 1.70 bits per heavy atom. The number of likely N-dealkylation sites (N-methyl/N-ethyl adjacent to an activating group) is 1. The predicted octanol–water partition coefficient (Wildman–Crippen LogP) is 0.521. The standard InChI is InChI=1S/C14H23N3O2S/c1-13-3-5-14(6-4-13)20(18,19)15-7-8-17-11-9-16(2)10-12-17/h3-6,15H,7-12H2,1-2H3. The molecule has 0 aromatic heterocycles. The highest BCUT2D eigenvalue weighted by atomic mass is 32.2. The van der Waals surface area contributed by atoms with Gasteiger partial charge in [0.25, 0.3) is 0 Å². The molecule has 1 fully saturated rings. The van der Waals surface area contributed by atoms with Crippen molar-refractivity contribution in [3.8, 4) is 0 Å². The first-order valence-corrected chi connectivity index (χ1v) is 8.43. The molecule has 112 valence electrons. The lowest BCUT2D eigenvalue weighted by Gasteiger charge is -2.32. The van der Waals surface area contributed by atoms with Crippen molar-refractivity contribution in [3.05, 3.63) is 29.8 Å². The van der Waals surface area contributed by atoms with E-state index in [0.717, 1.165) is 38.3 Å². The summed E-state index contributed by atoms with van der Waals surface area (Å²) in [6.07, 6.45) is 0. The molecule has 1 aliphatic rings. The van der Waals surface area contributed by atoms with E-state index in [4.69, 9.17) is 0 Å². The molecule has 0 aliphatic carbocycles. The molecule has 5 nitrogen and oxygen atoms in total. The number of hydrogen-bond donors (Lipinski definition) is 1. The fourth-order valence-corrected chi connectivity index (χ4v) is 3.23. The van der Waals surface area contributed by atoms with Crippen LogP contribution in [0.3, 0.4) is 0 Å². The SMILES string of the molecule is Cc1ccc(S(=O)(=O)NCCN2CCN(C)CC2)cc1. The maximum Gasteiger partial charge on any atom is 0.240 e.